The topological polar surface area (TPSA) is 75.4 Å². The molecule has 1 aromatic heterocycles. The van der Waals surface area contributed by atoms with E-state index in [0.29, 0.717) is 18.0 Å². The van der Waals surface area contributed by atoms with Crippen LogP contribution in [0.25, 0.3) is 11.5 Å². The van der Waals surface area contributed by atoms with E-state index in [0.717, 1.165) is 18.4 Å². The first-order chi connectivity index (χ1) is 13.0. The van der Waals surface area contributed by atoms with Crippen LogP contribution in [-0.2, 0) is 11.3 Å². The molecule has 3 rings (SSSR count). The van der Waals surface area contributed by atoms with Gasteiger partial charge in [-0.15, -0.1) is 0 Å². The number of benzene rings is 1. The molecule has 0 radical (unpaired) electrons. The Balaban J connectivity index is 1.61. The zero-order chi connectivity index (χ0) is 19.3. The van der Waals surface area contributed by atoms with E-state index >= 15 is 0 Å². The second-order valence-corrected chi connectivity index (χ2v) is 7.33. The Morgan fingerprint density at radius 2 is 1.85 bits per heavy atom. The molecule has 0 aliphatic carbocycles. The summed E-state index contributed by atoms with van der Waals surface area (Å²) in [6, 6.07) is 9.17. The highest BCUT2D eigenvalue weighted by atomic mass is 16.3. The molecule has 27 heavy (non-hydrogen) atoms. The molecule has 0 saturated carbocycles. The molecule has 6 heteroatoms. The van der Waals surface area contributed by atoms with Crippen molar-refractivity contribution in [1.29, 1.82) is 0 Å². The van der Waals surface area contributed by atoms with Gasteiger partial charge in [0, 0.05) is 5.56 Å². The Bertz CT molecular complexity index is 787. The number of carbonyl (C=O) groups excluding carboxylic acids is 2. The number of hydrogen-bond acceptors (Lipinski definition) is 4. The fourth-order valence-electron chi connectivity index (χ4n) is 3.40. The van der Waals surface area contributed by atoms with Gasteiger partial charge in [0.05, 0.1) is 12.2 Å². The number of urea groups is 1. The van der Waals surface area contributed by atoms with Crippen molar-refractivity contribution in [1.82, 2.24) is 15.2 Å². The number of aromatic nitrogens is 1. The van der Waals surface area contributed by atoms with Gasteiger partial charge >= 0.3 is 6.03 Å². The molecule has 2 aromatic rings. The number of nitrogens with one attached hydrogen (secondary N) is 1. The normalized spacial score (nSPS) is 19.6. The highest BCUT2D eigenvalue weighted by Gasteiger charge is 2.47. The minimum Gasteiger partial charge on any atom is -0.444 e. The SMILES string of the molecule is CCCCCCC[C@]1(C)NC(=O)N(Cc2coc(-c3ccccc3)n2)C1=O. The predicted octanol–water partition coefficient (Wildman–Crippen LogP) is 4.51. The summed E-state index contributed by atoms with van der Waals surface area (Å²) in [6.07, 6.45) is 7.73. The number of hydrogen-bond donors (Lipinski definition) is 1. The van der Waals surface area contributed by atoms with E-state index in [-0.39, 0.29) is 18.5 Å². The van der Waals surface area contributed by atoms with Crippen molar-refractivity contribution in [2.75, 3.05) is 0 Å². The smallest absolute Gasteiger partial charge is 0.325 e. The van der Waals surface area contributed by atoms with Crippen LogP contribution >= 0.6 is 0 Å². The molecule has 3 amide bonds. The second kappa shape index (κ2) is 8.37. The maximum atomic E-state index is 12.8. The highest BCUT2D eigenvalue weighted by Crippen LogP contribution is 2.26. The van der Waals surface area contributed by atoms with E-state index in [2.05, 4.69) is 17.2 Å². The molecule has 1 aliphatic heterocycles. The van der Waals surface area contributed by atoms with Crippen LogP contribution in [0.2, 0.25) is 0 Å². The lowest BCUT2D eigenvalue weighted by Gasteiger charge is -2.21. The summed E-state index contributed by atoms with van der Waals surface area (Å²) >= 11 is 0. The molecule has 1 N–H and O–H groups in total. The molecule has 1 atom stereocenters. The zero-order valence-electron chi connectivity index (χ0n) is 16.0. The molecule has 6 nitrogen and oxygen atoms in total. The maximum Gasteiger partial charge on any atom is 0.325 e. The second-order valence-electron chi connectivity index (χ2n) is 7.33. The van der Waals surface area contributed by atoms with E-state index in [1.54, 1.807) is 0 Å². The third-order valence-corrected chi connectivity index (χ3v) is 5.02. The Hall–Kier alpha value is -2.63. The Kier molecular flexibility index (Phi) is 5.94. The van der Waals surface area contributed by atoms with E-state index < -0.39 is 5.54 Å². The summed E-state index contributed by atoms with van der Waals surface area (Å²) < 4.78 is 5.51. The quantitative estimate of drug-likeness (QED) is 0.521. The third kappa shape index (κ3) is 4.38. The van der Waals surface area contributed by atoms with Crippen molar-refractivity contribution < 1.29 is 14.0 Å². The van der Waals surface area contributed by atoms with Crippen LogP contribution < -0.4 is 5.32 Å². The number of oxazole rings is 1. The third-order valence-electron chi connectivity index (χ3n) is 5.02. The average Bonchev–Trinajstić information content (AvgIpc) is 3.22. The molecule has 1 aliphatic rings. The van der Waals surface area contributed by atoms with Gasteiger partial charge in [-0.2, -0.15) is 0 Å². The van der Waals surface area contributed by atoms with Gasteiger partial charge in [-0.25, -0.2) is 9.78 Å². The van der Waals surface area contributed by atoms with Gasteiger partial charge in [-0.3, -0.25) is 9.69 Å². The number of unbranched alkanes of at least 4 members (excludes halogenated alkanes) is 4. The summed E-state index contributed by atoms with van der Waals surface area (Å²) in [5.41, 5.74) is 0.595. The van der Waals surface area contributed by atoms with E-state index in [4.69, 9.17) is 4.42 Å². The van der Waals surface area contributed by atoms with Crippen LogP contribution in [0.4, 0.5) is 4.79 Å². The van der Waals surface area contributed by atoms with Gasteiger partial charge in [-0.05, 0) is 25.5 Å². The predicted molar refractivity (Wildman–Crippen MR) is 103 cm³/mol. The van der Waals surface area contributed by atoms with Crippen molar-refractivity contribution in [3.63, 3.8) is 0 Å². The molecule has 2 heterocycles. The van der Waals surface area contributed by atoms with Crippen LogP contribution in [0.1, 0.15) is 58.1 Å². The standard InChI is InChI=1S/C21H27N3O3/c1-3-4-5-6-10-13-21(2)19(25)24(20(26)23-21)14-17-15-27-18(22-17)16-11-8-7-9-12-16/h7-9,11-12,15H,3-6,10,13-14H2,1-2H3,(H,23,26)/t21-/m0/s1. The summed E-state index contributed by atoms with van der Waals surface area (Å²) in [5.74, 6) is 0.295. The number of rotatable bonds is 9. The summed E-state index contributed by atoms with van der Waals surface area (Å²) in [7, 11) is 0. The van der Waals surface area contributed by atoms with Gasteiger partial charge in [-0.1, -0.05) is 57.2 Å². The lowest BCUT2D eigenvalue weighted by Crippen LogP contribution is -2.43. The minimum absolute atomic E-state index is 0.117. The lowest BCUT2D eigenvalue weighted by molar-refractivity contribution is -0.131. The molecule has 0 unspecified atom stereocenters. The molecular formula is C21H27N3O3. The van der Waals surface area contributed by atoms with Crippen molar-refractivity contribution in [2.45, 2.75) is 64.5 Å². The fraction of sp³-hybridized carbons (Fsp3) is 0.476. The molecule has 0 bridgehead atoms. The van der Waals surface area contributed by atoms with Crippen LogP contribution in [-0.4, -0.2) is 27.4 Å². The van der Waals surface area contributed by atoms with E-state index in [1.807, 2.05) is 37.3 Å². The van der Waals surface area contributed by atoms with Crippen molar-refractivity contribution in [3.8, 4) is 11.5 Å². The molecule has 1 saturated heterocycles. The lowest BCUT2D eigenvalue weighted by atomic mass is 9.94. The summed E-state index contributed by atoms with van der Waals surface area (Å²) in [4.78, 5) is 30.8. The summed E-state index contributed by atoms with van der Waals surface area (Å²) in [5, 5.41) is 2.86. The first-order valence-electron chi connectivity index (χ1n) is 9.67. The van der Waals surface area contributed by atoms with Crippen LogP contribution in [0.3, 0.4) is 0 Å². The number of imide groups is 1. The number of nitrogens with zero attached hydrogens (tertiary/aromatic N) is 2. The largest absolute Gasteiger partial charge is 0.444 e. The Morgan fingerprint density at radius 1 is 1.11 bits per heavy atom. The highest BCUT2D eigenvalue weighted by molar-refractivity contribution is 6.06. The maximum absolute atomic E-state index is 12.8. The fourth-order valence-corrected chi connectivity index (χ4v) is 3.40. The van der Waals surface area contributed by atoms with Gasteiger partial charge < -0.3 is 9.73 Å². The van der Waals surface area contributed by atoms with E-state index in [1.165, 1.54) is 30.4 Å². The molecular weight excluding hydrogens is 342 g/mol. The Morgan fingerprint density at radius 3 is 2.59 bits per heavy atom. The van der Waals surface area contributed by atoms with Crippen LogP contribution in [0, 0.1) is 0 Å². The zero-order valence-corrected chi connectivity index (χ0v) is 16.0. The monoisotopic (exact) mass is 369 g/mol. The van der Waals surface area contributed by atoms with Crippen molar-refractivity contribution in [2.24, 2.45) is 0 Å². The van der Waals surface area contributed by atoms with Crippen LogP contribution in [0.15, 0.2) is 41.0 Å². The van der Waals surface area contributed by atoms with E-state index in [9.17, 15) is 9.59 Å². The first-order valence-corrected chi connectivity index (χ1v) is 9.67. The first kappa shape index (κ1) is 19.1. The number of amides is 3. The minimum atomic E-state index is -0.824. The summed E-state index contributed by atoms with van der Waals surface area (Å²) in [6.45, 7) is 4.10. The van der Waals surface area contributed by atoms with Gasteiger partial charge in [0.25, 0.3) is 5.91 Å². The molecule has 1 aromatic carbocycles. The molecule has 0 spiro atoms. The van der Waals surface area contributed by atoms with Crippen molar-refractivity contribution in [3.05, 3.63) is 42.3 Å². The average molecular weight is 369 g/mol. The number of carbonyl (C=O) groups is 2. The molecule has 1 fully saturated rings. The van der Waals surface area contributed by atoms with Gasteiger partial charge in [0.1, 0.15) is 11.8 Å². The van der Waals surface area contributed by atoms with Crippen LogP contribution in [0.5, 0.6) is 0 Å². The van der Waals surface area contributed by atoms with Gasteiger partial charge in [0.15, 0.2) is 0 Å². The van der Waals surface area contributed by atoms with Crippen molar-refractivity contribution >= 4 is 11.9 Å². The molecule has 144 valence electrons. The Labute approximate surface area is 160 Å². The van der Waals surface area contributed by atoms with Gasteiger partial charge in [0.2, 0.25) is 5.89 Å².